The first kappa shape index (κ1) is 22.0. The van der Waals surface area contributed by atoms with Crippen molar-refractivity contribution in [2.75, 3.05) is 5.32 Å². The molecule has 1 aromatic heterocycles. The maximum absolute atomic E-state index is 12.5. The first-order chi connectivity index (χ1) is 13.1. The van der Waals surface area contributed by atoms with Crippen molar-refractivity contribution in [2.45, 2.75) is 60.1 Å². The molecule has 0 fully saturated rings. The number of carbonyl (C=O) groups is 2. The molecule has 1 atom stereocenters. The molecule has 152 valence electrons. The van der Waals surface area contributed by atoms with Gasteiger partial charge in [0.15, 0.2) is 6.10 Å². The van der Waals surface area contributed by atoms with Crippen molar-refractivity contribution in [3.05, 3.63) is 46.2 Å². The molecule has 1 aromatic carbocycles. The first-order valence-electron chi connectivity index (χ1n) is 9.44. The van der Waals surface area contributed by atoms with Crippen molar-refractivity contribution in [2.24, 2.45) is 5.92 Å². The Morgan fingerprint density at radius 1 is 1.14 bits per heavy atom. The Bertz CT molecular complexity index is 841. The monoisotopic (exact) mass is 405 g/mol. The zero-order chi connectivity index (χ0) is 21.0. The number of esters is 1. The number of anilines is 1. The number of ether oxygens (including phenoxy) is 1. The van der Waals surface area contributed by atoms with E-state index < -0.39 is 18.0 Å². The van der Waals surface area contributed by atoms with Crippen molar-refractivity contribution >= 4 is 29.2 Å². The van der Waals surface area contributed by atoms with Gasteiger partial charge in [0.05, 0.1) is 5.69 Å². The molecule has 0 spiro atoms. The van der Waals surface area contributed by atoms with Crippen LogP contribution in [0.4, 0.5) is 5.69 Å². The van der Waals surface area contributed by atoms with Crippen LogP contribution in [0, 0.1) is 12.8 Å². The summed E-state index contributed by atoms with van der Waals surface area (Å²) in [6, 6.07) is 7.59. The van der Waals surface area contributed by atoms with E-state index in [-0.39, 0.29) is 10.7 Å². The second-order valence-electron chi connectivity index (χ2n) is 7.64. The molecule has 0 saturated heterocycles. The number of rotatable bonds is 7. The fraction of sp³-hybridized carbons (Fsp3) is 0.476. The minimum Gasteiger partial charge on any atom is -0.449 e. The summed E-state index contributed by atoms with van der Waals surface area (Å²) in [6.07, 6.45) is -0.971. The molecule has 2 aromatic rings. The van der Waals surface area contributed by atoms with Gasteiger partial charge in [-0.2, -0.15) is 5.10 Å². The number of halogens is 1. The van der Waals surface area contributed by atoms with Crippen molar-refractivity contribution in [3.8, 4) is 0 Å². The molecule has 6 nitrogen and oxygen atoms in total. The van der Waals surface area contributed by atoms with Gasteiger partial charge < -0.3 is 10.1 Å². The topological polar surface area (TPSA) is 73.2 Å². The Hall–Kier alpha value is -2.34. The number of carbonyl (C=O) groups excluding carboxylic acids is 2. The summed E-state index contributed by atoms with van der Waals surface area (Å²) < 4.78 is 6.91. The molecule has 1 amide bonds. The van der Waals surface area contributed by atoms with E-state index in [9.17, 15) is 9.59 Å². The Labute approximate surface area is 171 Å². The Morgan fingerprint density at radius 2 is 1.75 bits per heavy atom. The van der Waals surface area contributed by atoms with E-state index in [1.807, 2.05) is 38.1 Å². The van der Waals surface area contributed by atoms with Gasteiger partial charge in [0, 0.05) is 12.2 Å². The van der Waals surface area contributed by atoms with Crippen LogP contribution in [0.25, 0.3) is 0 Å². The molecule has 0 radical (unpaired) electrons. The maximum atomic E-state index is 12.5. The summed E-state index contributed by atoms with van der Waals surface area (Å²) in [5, 5.41) is 7.28. The summed E-state index contributed by atoms with van der Waals surface area (Å²) in [4.78, 5) is 24.9. The van der Waals surface area contributed by atoms with Gasteiger partial charge in [0.25, 0.3) is 5.91 Å². The second kappa shape index (κ2) is 9.24. The van der Waals surface area contributed by atoms with E-state index in [1.54, 1.807) is 11.6 Å². The Balaban J connectivity index is 2.03. The predicted octanol–water partition coefficient (Wildman–Crippen LogP) is 4.81. The lowest BCUT2D eigenvalue weighted by Crippen LogP contribution is -2.30. The van der Waals surface area contributed by atoms with Gasteiger partial charge in [-0.1, -0.05) is 51.4 Å². The van der Waals surface area contributed by atoms with Crippen LogP contribution >= 0.6 is 11.6 Å². The zero-order valence-electron chi connectivity index (χ0n) is 17.2. The lowest BCUT2D eigenvalue weighted by molar-refractivity contribution is -0.123. The van der Waals surface area contributed by atoms with E-state index in [2.05, 4.69) is 24.3 Å². The molecule has 0 aliphatic heterocycles. The first-order valence-corrected chi connectivity index (χ1v) is 9.82. The molecule has 0 saturated carbocycles. The Kier molecular flexibility index (Phi) is 7.24. The van der Waals surface area contributed by atoms with Crippen LogP contribution in [-0.4, -0.2) is 27.8 Å². The van der Waals surface area contributed by atoms with Crippen LogP contribution in [0.1, 0.15) is 62.2 Å². The summed E-state index contributed by atoms with van der Waals surface area (Å²) in [7, 11) is 0. The van der Waals surface area contributed by atoms with Crippen molar-refractivity contribution < 1.29 is 14.3 Å². The fourth-order valence-corrected chi connectivity index (χ4v) is 3.04. The number of aryl methyl sites for hydroxylation is 1. The van der Waals surface area contributed by atoms with Crippen LogP contribution in [-0.2, 0) is 16.1 Å². The van der Waals surface area contributed by atoms with E-state index in [1.165, 1.54) is 12.5 Å². The van der Waals surface area contributed by atoms with Crippen molar-refractivity contribution in [3.63, 3.8) is 0 Å². The minimum absolute atomic E-state index is 0.197. The number of amides is 1. The van der Waals surface area contributed by atoms with E-state index in [0.717, 1.165) is 0 Å². The molecular formula is C21H28ClN3O3. The second-order valence-corrected chi connectivity index (χ2v) is 8.00. The highest BCUT2D eigenvalue weighted by Gasteiger charge is 2.26. The largest absolute Gasteiger partial charge is 0.449 e. The SMILES string of the molecule is Cc1nn(CC(C)C)c(Cl)c1C(=O)O[C@@H](C)C(=O)Nc1ccc(C(C)C)cc1. The molecule has 1 N–H and O–H groups in total. The zero-order valence-corrected chi connectivity index (χ0v) is 18.0. The van der Waals surface area contributed by atoms with E-state index >= 15 is 0 Å². The van der Waals surface area contributed by atoms with Gasteiger partial charge in [0.1, 0.15) is 10.7 Å². The Morgan fingerprint density at radius 3 is 2.29 bits per heavy atom. The number of nitrogens with zero attached hydrogens (tertiary/aromatic N) is 2. The molecule has 0 bridgehead atoms. The maximum Gasteiger partial charge on any atom is 0.343 e. The van der Waals surface area contributed by atoms with Crippen molar-refractivity contribution in [1.29, 1.82) is 0 Å². The van der Waals surface area contributed by atoms with Gasteiger partial charge in [0.2, 0.25) is 0 Å². The van der Waals surface area contributed by atoms with Gasteiger partial charge in [-0.25, -0.2) is 4.79 Å². The normalized spacial score (nSPS) is 12.3. The van der Waals surface area contributed by atoms with Gasteiger partial charge in [-0.3, -0.25) is 9.48 Å². The molecule has 2 rings (SSSR count). The molecule has 0 unspecified atom stereocenters. The third-order valence-electron chi connectivity index (χ3n) is 4.31. The average molecular weight is 406 g/mol. The van der Waals surface area contributed by atoms with Crippen LogP contribution in [0.5, 0.6) is 0 Å². The van der Waals surface area contributed by atoms with E-state index in [4.69, 9.17) is 16.3 Å². The van der Waals surface area contributed by atoms with Crippen LogP contribution in [0.15, 0.2) is 24.3 Å². The highest BCUT2D eigenvalue weighted by atomic mass is 35.5. The summed E-state index contributed by atoms with van der Waals surface area (Å²) in [5.74, 6) is -0.328. The highest BCUT2D eigenvalue weighted by molar-refractivity contribution is 6.32. The number of benzene rings is 1. The van der Waals surface area contributed by atoms with Crippen LogP contribution in [0.2, 0.25) is 5.15 Å². The summed E-state index contributed by atoms with van der Waals surface area (Å²) in [5.41, 5.74) is 2.51. The predicted molar refractivity (Wildman–Crippen MR) is 111 cm³/mol. The number of hydrogen-bond donors (Lipinski definition) is 1. The lowest BCUT2D eigenvalue weighted by Gasteiger charge is -2.14. The third kappa shape index (κ3) is 5.35. The standard InChI is InChI=1S/C21H28ClN3O3/c1-12(2)11-25-19(22)18(14(5)24-25)21(27)28-15(6)20(26)23-17-9-7-16(8-10-17)13(3)4/h7-10,12-13,15H,11H2,1-6H3,(H,23,26)/t15-/m0/s1. The molecular weight excluding hydrogens is 378 g/mol. The average Bonchev–Trinajstić information content (AvgIpc) is 2.88. The van der Waals surface area contributed by atoms with Gasteiger partial charge in [-0.05, 0) is 43.4 Å². The van der Waals surface area contributed by atoms with Crippen molar-refractivity contribution in [1.82, 2.24) is 9.78 Å². The van der Waals surface area contributed by atoms with Gasteiger partial charge >= 0.3 is 5.97 Å². The quantitative estimate of drug-likeness (QED) is 0.671. The van der Waals surface area contributed by atoms with E-state index in [0.29, 0.717) is 29.8 Å². The van der Waals surface area contributed by atoms with Gasteiger partial charge in [-0.15, -0.1) is 0 Å². The number of hydrogen-bond acceptors (Lipinski definition) is 4. The lowest BCUT2D eigenvalue weighted by atomic mass is 10.0. The fourth-order valence-electron chi connectivity index (χ4n) is 2.72. The molecule has 28 heavy (non-hydrogen) atoms. The third-order valence-corrected chi connectivity index (χ3v) is 4.69. The number of aromatic nitrogens is 2. The number of nitrogens with one attached hydrogen (secondary N) is 1. The molecule has 1 heterocycles. The highest BCUT2D eigenvalue weighted by Crippen LogP contribution is 2.23. The molecule has 0 aliphatic rings. The van der Waals surface area contributed by atoms with Crippen LogP contribution in [0.3, 0.4) is 0 Å². The minimum atomic E-state index is -0.971. The summed E-state index contributed by atoms with van der Waals surface area (Å²) in [6.45, 7) is 12.1. The molecule has 0 aliphatic carbocycles. The smallest absolute Gasteiger partial charge is 0.343 e. The van der Waals surface area contributed by atoms with Crippen LogP contribution < -0.4 is 5.32 Å². The molecule has 7 heteroatoms. The summed E-state index contributed by atoms with van der Waals surface area (Å²) >= 11 is 6.30.